The number of urea groups is 1. The van der Waals surface area contributed by atoms with Gasteiger partial charge in [-0.25, -0.2) is 4.79 Å². The van der Waals surface area contributed by atoms with E-state index in [1.165, 1.54) is 23.5 Å². The molecule has 2 heterocycles. The van der Waals surface area contributed by atoms with Crippen molar-refractivity contribution in [3.05, 3.63) is 75.8 Å². The van der Waals surface area contributed by atoms with Crippen LogP contribution in [-0.4, -0.2) is 15.6 Å². The third-order valence-corrected chi connectivity index (χ3v) is 4.50. The number of amides is 2. The van der Waals surface area contributed by atoms with Crippen molar-refractivity contribution in [2.75, 3.05) is 0 Å². The fourth-order valence-electron chi connectivity index (χ4n) is 2.34. The first-order valence-electron chi connectivity index (χ1n) is 7.91. The molecule has 27 heavy (non-hydrogen) atoms. The minimum absolute atomic E-state index is 0.279. The monoisotopic (exact) mass is 392 g/mol. The lowest BCUT2D eigenvalue weighted by Gasteiger charge is -2.08. The molecule has 0 aliphatic rings. The topological polar surface area (TPSA) is 59.3 Å². The van der Waals surface area contributed by atoms with E-state index < -0.39 is 17.8 Å². The minimum atomic E-state index is -4.40. The van der Waals surface area contributed by atoms with Gasteiger partial charge in [0.25, 0.3) is 0 Å². The van der Waals surface area contributed by atoms with Crippen LogP contribution in [0.25, 0.3) is 5.69 Å². The van der Waals surface area contributed by atoms with E-state index >= 15 is 0 Å². The van der Waals surface area contributed by atoms with Crippen molar-refractivity contribution in [1.82, 2.24) is 14.9 Å². The van der Waals surface area contributed by atoms with Gasteiger partial charge in [0.05, 0.1) is 5.56 Å². The maximum atomic E-state index is 12.7. The van der Waals surface area contributed by atoms with Crippen molar-refractivity contribution in [3.63, 3.8) is 0 Å². The van der Waals surface area contributed by atoms with Crippen molar-refractivity contribution in [3.8, 4) is 5.69 Å². The van der Waals surface area contributed by atoms with Gasteiger partial charge in [-0.1, -0.05) is 6.07 Å². The van der Waals surface area contributed by atoms with Crippen LogP contribution in [-0.2, 0) is 12.7 Å². The van der Waals surface area contributed by atoms with Crippen LogP contribution in [0.5, 0.6) is 0 Å². The van der Waals surface area contributed by atoms with Gasteiger partial charge in [-0.05, 0) is 42.8 Å². The van der Waals surface area contributed by atoms with Crippen LogP contribution in [0.1, 0.15) is 16.0 Å². The van der Waals surface area contributed by atoms with E-state index in [9.17, 15) is 18.0 Å². The summed E-state index contributed by atoms with van der Waals surface area (Å²) in [5.41, 5.74) is 0.594. The van der Waals surface area contributed by atoms with Gasteiger partial charge in [0.2, 0.25) is 0 Å². The average Bonchev–Trinajstić information content (AvgIpc) is 3.00. The summed E-state index contributed by atoms with van der Waals surface area (Å²) in [5, 5.41) is 2.66. The molecule has 0 bridgehead atoms. The number of pyridine rings is 1. The number of thiazole rings is 1. The van der Waals surface area contributed by atoms with Crippen molar-refractivity contribution < 1.29 is 18.0 Å². The summed E-state index contributed by atoms with van der Waals surface area (Å²) in [6.45, 7) is 2.11. The van der Waals surface area contributed by atoms with E-state index in [1.54, 1.807) is 29.2 Å². The molecule has 5 nitrogen and oxygen atoms in total. The number of aryl methyl sites for hydroxylation is 1. The van der Waals surface area contributed by atoms with Crippen LogP contribution in [0, 0.1) is 6.92 Å². The quantitative estimate of drug-likeness (QED) is 0.730. The number of carbonyl (C=O) groups is 1. The zero-order valence-corrected chi connectivity index (χ0v) is 15.0. The Morgan fingerprint density at radius 2 is 2.00 bits per heavy atom. The molecule has 0 spiro atoms. The van der Waals surface area contributed by atoms with Gasteiger partial charge in [0, 0.05) is 35.7 Å². The predicted molar refractivity (Wildman–Crippen MR) is 95.4 cm³/mol. The molecule has 0 aliphatic carbocycles. The van der Waals surface area contributed by atoms with Gasteiger partial charge >= 0.3 is 12.2 Å². The highest BCUT2D eigenvalue weighted by Gasteiger charge is 2.30. The summed E-state index contributed by atoms with van der Waals surface area (Å²) in [6, 6.07) is 7.75. The number of hydrogen-bond donors (Lipinski definition) is 1. The summed E-state index contributed by atoms with van der Waals surface area (Å²) in [5.74, 6) is 0. The van der Waals surface area contributed by atoms with E-state index in [2.05, 4.69) is 15.3 Å². The fourth-order valence-corrected chi connectivity index (χ4v) is 3.17. The number of benzene rings is 1. The Balaban J connectivity index is 1.83. The Labute approximate surface area is 156 Å². The lowest BCUT2D eigenvalue weighted by molar-refractivity contribution is -0.137. The number of hydrogen-bond acceptors (Lipinski definition) is 3. The number of carbonyl (C=O) groups excluding carboxylic acids is 1. The van der Waals surface area contributed by atoms with E-state index in [1.807, 2.05) is 13.0 Å². The first-order valence-corrected chi connectivity index (χ1v) is 8.73. The molecule has 2 amide bonds. The van der Waals surface area contributed by atoms with Crippen molar-refractivity contribution in [2.24, 2.45) is 4.99 Å². The predicted octanol–water partition coefficient (Wildman–Crippen LogP) is 4.07. The highest BCUT2D eigenvalue weighted by molar-refractivity contribution is 7.09. The molecule has 0 fully saturated rings. The molecule has 1 aromatic carbocycles. The first kappa shape index (κ1) is 18.8. The Hall–Kier alpha value is -2.94. The number of rotatable bonds is 3. The number of aromatic nitrogens is 2. The molecule has 3 rings (SSSR count). The lowest BCUT2D eigenvalue weighted by Crippen LogP contribution is -2.23. The number of nitrogens with zero attached hydrogens (tertiary/aromatic N) is 3. The van der Waals surface area contributed by atoms with Crippen molar-refractivity contribution in [1.29, 1.82) is 0 Å². The second-order valence-corrected chi connectivity index (χ2v) is 6.88. The van der Waals surface area contributed by atoms with Crippen molar-refractivity contribution >= 4 is 17.4 Å². The van der Waals surface area contributed by atoms with Gasteiger partial charge < -0.3 is 5.32 Å². The Morgan fingerprint density at radius 1 is 1.26 bits per heavy atom. The zero-order valence-electron chi connectivity index (χ0n) is 14.2. The molecular weight excluding hydrogens is 377 g/mol. The van der Waals surface area contributed by atoms with Crippen molar-refractivity contribution in [2.45, 2.75) is 19.6 Å². The van der Waals surface area contributed by atoms with Crippen LogP contribution >= 0.6 is 11.3 Å². The molecule has 0 radical (unpaired) electrons. The van der Waals surface area contributed by atoms with Gasteiger partial charge in [-0.3, -0.25) is 9.55 Å². The summed E-state index contributed by atoms with van der Waals surface area (Å²) >= 11 is 1.27. The van der Waals surface area contributed by atoms with Gasteiger partial charge in [0.1, 0.15) is 0 Å². The largest absolute Gasteiger partial charge is 0.416 e. The molecule has 0 saturated carbocycles. The summed E-state index contributed by atoms with van der Waals surface area (Å²) in [7, 11) is 0. The molecule has 3 aromatic rings. The third-order valence-electron chi connectivity index (χ3n) is 3.61. The SMILES string of the molecule is Cc1cn(-c2ccc(C(F)(F)F)cc2)c(=NC(=O)NCc2cccnc2)s1. The van der Waals surface area contributed by atoms with E-state index in [0.717, 1.165) is 22.6 Å². The molecular formula is C18H15F3N4OS. The second kappa shape index (κ2) is 7.75. The van der Waals surface area contributed by atoms with Crippen LogP contribution in [0.15, 0.2) is 60.0 Å². The van der Waals surface area contributed by atoms with Crippen LogP contribution in [0.2, 0.25) is 0 Å². The van der Waals surface area contributed by atoms with Crippen LogP contribution in [0.3, 0.4) is 0 Å². The first-order chi connectivity index (χ1) is 12.8. The maximum absolute atomic E-state index is 12.7. The highest BCUT2D eigenvalue weighted by atomic mass is 32.1. The molecule has 0 unspecified atom stereocenters. The summed E-state index contributed by atoms with van der Waals surface area (Å²) in [4.78, 5) is 21.3. The minimum Gasteiger partial charge on any atom is -0.332 e. The smallest absolute Gasteiger partial charge is 0.332 e. The standard InChI is InChI=1S/C18H15F3N4OS/c1-12-11-25(15-6-4-14(5-7-15)18(19,20)21)17(27-12)24-16(26)23-10-13-3-2-8-22-9-13/h2-9,11H,10H2,1H3,(H,23,26). The number of halogens is 3. The van der Waals surface area contributed by atoms with E-state index in [0.29, 0.717) is 10.5 Å². The van der Waals surface area contributed by atoms with E-state index in [-0.39, 0.29) is 6.54 Å². The van der Waals surface area contributed by atoms with Crippen LogP contribution in [0.4, 0.5) is 18.0 Å². The zero-order chi connectivity index (χ0) is 19.4. The Bertz CT molecular complexity index is 992. The molecule has 1 N–H and O–H groups in total. The van der Waals surface area contributed by atoms with Gasteiger partial charge in [0.15, 0.2) is 4.80 Å². The number of nitrogens with one attached hydrogen (secondary N) is 1. The normalized spacial score (nSPS) is 12.2. The summed E-state index contributed by atoms with van der Waals surface area (Å²) < 4.78 is 39.8. The van der Waals surface area contributed by atoms with Gasteiger partial charge in [-0.15, -0.1) is 11.3 Å². The number of alkyl halides is 3. The Morgan fingerprint density at radius 3 is 2.63 bits per heavy atom. The molecule has 140 valence electrons. The van der Waals surface area contributed by atoms with Crippen LogP contribution < -0.4 is 10.1 Å². The third kappa shape index (κ3) is 4.82. The molecule has 2 aromatic heterocycles. The molecule has 9 heteroatoms. The maximum Gasteiger partial charge on any atom is 0.416 e. The Kier molecular flexibility index (Phi) is 5.41. The fraction of sp³-hybridized carbons (Fsp3) is 0.167. The molecule has 0 saturated heterocycles. The summed E-state index contributed by atoms with van der Waals surface area (Å²) in [6.07, 6.45) is 0.600. The highest BCUT2D eigenvalue weighted by Crippen LogP contribution is 2.29. The molecule has 0 atom stereocenters. The molecule has 0 aliphatic heterocycles. The van der Waals surface area contributed by atoms with Gasteiger partial charge in [-0.2, -0.15) is 18.2 Å². The lowest BCUT2D eigenvalue weighted by atomic mass is 10.2. The average molecular weight is 392 g/mol. The van der Waals surface area contributed by atoms with E-state index in [4.69, 9.17) is 0 Å². The second-order valence-electron chi connectivity index (χ2n) is 5.67.